The molecule has 0 spiro atoms. The van der Waals surface area contributed by atoms with Crippen LogP contribution in [0.5, 0.6) is 5.75 Å². The van der Waals surface area contributed by atoms with Gasteiger partial charge in [-0.3, -0.25) is 0 Å². The second-order valence-electron chi connectivity index (χ2n) is 3.62. The number of hydrogen-bond acceptors (Lipinski definition) is 3. The molecule has 0 aliphatic heterocycles. The Labute approximate surface area is 112 Å². The number of halogens is 3. The predicted octanol–water partition coefficient (Wildman–Crippen LogP) is 2.17. The molecule has 0 atom stereocenters. The summed E-state index contributed by atoms with van der Waals surface area (Å²) < 4.78 is 52.6. The third-order valence-corrected chi connectivity index (χ3v) is 3.48. The monoisotopic (exact) mass is 343 g/mol. The summed E-state index contributed by atoms with van der Waals surface area (Å²) in [6.45, 7) is 0.122. The molecule has 8 heteroatoms. The van der Waals surface area contributed by atoms with E-state index < -0.39 is 21.7 Å². The SMILES string of the molecule is NS(=O)(=O)CCCCOc1c(F)cc(F)cc1Br. The van der Waals surface area contributed by atoms with Gasteiger partial charge in [-0.2, -0.15) is 0 Å². The van der Waals surface area contributed by atoms with Gasteiger partial charge in [-0.15, -0.1) is 0 Å². The Morgan fingerprint density at radius 3 is 2.50 bits per heavy atom. The molecular formula is C10H12BrF2NO3S. The lowest BCUT2D eigenvalue weighted by Crippen LogP contribution is -2.16. The molecule has 0 fully saturated rings. The maximum atomic E-state index is 13.3. The molecule has 1 aromatic carbocycles. The number of sulfonamides is 1. The Bertz CT molecular complexity index is 499. The first-order chi connectivity index (χ1) is 8.29. The molecule has 2 N–H and O–H groups in total. The number of unbranched alkanes of at least 4 members (excludes halogenated alkanes) is 1. The highest BCUT2D eigenvalue weighted by Crippen LogP contribution is 2.29. The fourth-order valence-corrected chi connectivity index (χ4v) is 2.38. The van der Waals surface area contributed by atoms with E-state index in [0.29, 0.717) is 18.9 Å². The smallest absolute Gasteiger partial charge is 0.209 e. The molecule has 4 nitrogen and oxygen atoms in total. The highest BCUT2D eigenvalue weighted by atomic mass is 79.9. The van der Waals surface area contributed by atoms with Crippen LogP contribution in [0.1, 0.15) is 12.8 Å². The Morgan fingerprint density at radius 1 is 1.28 bits per heavy atom. The highest BCUT2D eigenvalue weighted by Gasteiger charge is 2.11. The van der Waals surface area contributed by atoms with Gasteiger partial charge >= 0.3 is 0 Å². The van der Waals surface area contributed by atoms with Crippen LogP contribution in [0.4, 0.5) is 8.78 Å². The van der Waals surface area contributed by atoms with Gasteiger partial charge in [-0.25, -0.2) is 22.3 Å². The molecule has 0 saturated carbocycles. The summed E-state index contributed by atoms with van der Waals surface area (Å²) in [5, 5.41) is 4.82. The van der Waals surface area contributed by atoms with Crippen molar-refractivity contribution in [2.24, 2.45) is 5.14 Å². The lowest BCUT2D eigenvalue weighted by atomic mass is 10.3. The van der Waals surface area contributed by atoms with Crippen molar-refractivity contribution in [3.8, 4) is 5.75 Å². The first-order valence-electron chi connectivity index (χ1n) is 5.07. The number of ether oxygens (including phenoxy) is 1. The van der Waals surface area contributed by atoms with Gasteiger partial charge in [0.2, 0.25) is 10.0 Å². The molecule has 0 saturated heterocycles. The van der Waals surface area contributed by atoms with E-state index in [2.05, 4.69) is 15.9 Å². The van der Waals surface area contributed by atoms with Crippen LogP contribution in [0.3, 0.4) is 0 Å². The quantitative estimate of drug-likeness (QED) is 0.804. The standard InChI is InChI=1S/C10H12BrF2NO3S/c11-8-5-7(12)6-9(13)10(8)17-3-1-2-4-18(14,15)16/h5-6H,1-4H2,(H2,14,15,16). The van der Waals surface area contributed by atoms with Crippen molar-refractivity contribution < 1.29 is 21.9 Å². The number of benzene rings is 1. The molecule has 0 radical (unpaired) electrons. The molecule has 102 valence electrons. The maximum Gasteiger partial charge on any atom is 0.209 e. The number of nitrogens with two attached hydrogens (primary N) is 1. The Morgan fingerprint density at radius 2 is 1.94 bits per heavy atom. The van der Waals surface area contributed by atoms with E-state index >= 15 is 0 Å². The largest absolute Gasteiger partial charge is 0.489 e. The molecule has 1 aromatic rings. The van der Waals surface area contributed by atoms with Gasteiger partial charge in [0.1, 0.15) is 5.82 Å². The van der Waals surface area contributed by atoms with Crippen LogP contribution in [-0.2, 0) is 10.0 Å². The second kappa shape index (κ2) is 6.44. The summed E-state index contributed by atoms with van der Waals surface area (Å²) in [4.78, 5) is 0. The summed E-state index contributed by atoms with van der Waals surface area (Å²) >= 11 is 2.98. The first-order valence-corrected chi connectivity index (χ1v) is 7.58. The van der Waals surface area contributed by atoms with Crippen LogP contribution in [0.25, 0.3) is 0 Å². The fourth-order valence-electron chi connectivity index (χ4n) is 1.25. The molecule has 0 heterocycles. The van der Waals surface area contributed by atoms with E-state index in [4.69, 9.17) is 9.88 Å². The maximum absolute atomic E-state index is 13.3. The minimum atomic E-state index is -3.48. The average molecular weight is 344 g/mol. The zero-order chi connectivity index (χ0) is 13.8. The normalized spacial score (nSPS) is 11.6. The summed E-state index contributed by atoms with van der Waals surface area (Å²) in [7, 11) is -3.48. The van der Waals surface area contributed by atoms with Crippen molar-refractivity contribution in [1.29, 1.82) is 0 Å². The molecule has 0 aromatic heterocycles. The third-order valence-electron chi connectivity index (χ3n) is 2.03. The van der Waals surface area contributed by atoms with E-state index in [-0.39, 0.29) is 22.6 Å². The third kappa shape index (κ3) is 5.28. The molecule has 0 unspecified atom stereocenters. The van der Waals surface area contributed by atoms with Crippen molar-refractivity contribution in [2.45, 2.75) is 12.8 Å². The van der Waals surface area contributed by atoms with E-state index in [1.165, 1.54) is 0 Å². The first kappa shape index (κ1) is 15.3. The van der Waals surface area contributed by atoms with Gasteiger partial charge in [0.05, 0.1) is 16.8 Å². The zero-order valence-electron chi connectivity index (χ0n) is 9.33. The van der Waals surface area contributed by atoms with Gasteiger partial charge in [-0.05, 0) is 34.8 Å². The van der Waals surface area contributed by atoms with Crippen molar-refractivity contribution in [1.82, 2.24) is 0 Å². The van der Waals surface area contributed by atoms with E-state index in [9.17, 15) is 17.2 Å². The Hall–Kier alpha value is -0.730. The Kier molecular flexibility index (Phi) is 5.48. The van der Waals surface area contributed by atoms with Gasteiger partial charge in [0, 0.05) is 6.07 Å². The van der Waals surface area contributed by atoms with Crippen LogP contribution < -0.4 is 9.88 Å². The van der Waals surface area contributed by atoms with Crippen LogP contribution in [0, 0.1) is 11.6 Å². The van der Waals surface area contributed by atoms with Crippen LogP contribution in [-0.4, -0.2) is 20.8 Å². The van der Waals surface area contributed by atoms with Gasteiger partial charge in [-0.1, -0.05) is 0 Å². The summed E-state index contributed by atoms with van der Waals surface area (Å²) in [6.07, 6.45) is 0.721. The van der Waals surface area contributed by atoms with Crippen LogP contribution in [0.2, 0.25) is 0 Å². The Balaban J connectivity index is 2.45. The molecule has 0 aliphatic rings. The van der Waals surface area contributed by atoms with Crippen LogP contribution >= 0.6 is 15.9 Å². The van der Waals surface area contributed by atoms with Gasteiger partial charge < -0.3 is 4.74 Å². The highest BCUT2D eigenvalue weighted by molar-refractivity contribution is 9.10. The van der Waals surface area contributed by atoms with Crippen molar-refractivity contribution >= 4 is 26.0 Å². The van der Waals surface area contributed by atoms with Crippen molar-refractivity contribution in [3.05, 3.63) is 28.2 Å². The molecular weight excluding hydrogens is 332 g/mol. The molecule has 0 amide bonds. The number of hydrogen-bond donors (Lipinski definition) is 1. The lowest BCUT2D eigenvalue weighted by Gasteiger charge is -2.09. The summed E-state index contributed by atoms with van der Waals surface area (Å²) in [5.41, 5.74) is 0. The number of rotatable bonds is 6. The predicted molar refractivity (Wildman–Crippen MR) is 66.8 cm³/mol. The zero-order valence-corrected chi connectivity index (χ0v) is 11.7. The van der Waals surface area contributed by atoms with E-state index in [1.807, 2.05) is 0 Å². The summed E-state index contributed by atoms with van der Waals surface area (Å²) in [5.74, 6) is -1.76. The topological polar surface area (TPSA) is 69.4 Å². The van der Waals surface area contributed by atoms with Crippen molar-refractivity contribution in [2.75, 3.05) is 12.4 Å². The summed E-state index contributed by atoms with van der Waals surface area (Å²) in [6, 6.07) is 1.80. The van der Waals surface area contributed by atoms with Crippen molar-refractivity contribution in [3.63, 3.8) is 0 Å². The lowest BCUT2D eigenvalue weighted by molar-refractivity contribution is 0.291. The van der Waals surface area contributed by atoms with E-state index in [1.54, 1.807) is 0 Å². The fraction of sp³-hybridized carbons (Fsp3) is 0.400. The average Bonchev–Trinajstić information content (AvgIpc) is 2.19. The molecule has 0 bridgehead atoms. The van der Waals surface area contributed by atoms with Gasteiger partial charge in [0.15, 0.2) is 11.6 Å². The molecule has 0 aliphatic carbocycles. The molecule has 1 rings (SSSR count). The molecule has 18 heavy (non-hydrogen) atoms. The number of primary sulfonamides is 1. The minimum absolute atomic E-state index is 0.0907. The second-order valence-corrected chi connectivity index (χ2v) is 6.21. The van der Waals surface area contributed by atoms with E-state index in [0.717, 1.165) is 6.07 Å². The minimum Gasteiger partial charge on any atom is -0.489 e. The van der Waals surface area contributed by atoms with Gasteiger partial charge in [0.25, 0.3) is 0 Å². The van der Waals surface area contributed by atoms with Crippen LogP contribution in [0.15, 0.2) is 16.6 Å².